The van der Waals surface area contributed by atoms with Crippen molar-refractivity contribution in [2.24, 2.45) is 0 Å². The molecule has 0 saturated heterocycles. The molecule has 138 valence electrons. The molecule has 2 aromatic rings. The zero-order valence-electron chi connectivity index (χ0n) is 14.9. The molecule has 0 bridgehead atoms. The Morgan fingerprint density at radius 1 is 1.41 bits per heavy atom. The smallest absolute Gasteiger partial charge is 0.326 e. The number of benzene rings is 1. The van der Waals surface area contributed by atoms with Gasteiger partial charge in [-0.05, 0) is 35.6 Å². The summed E-state index contributed by atoms with van der Waals surface area (Å²) in [7, 11) is 0. The lowest BCUT2D eigenvalue weighted by Crippen LogP contribution is -2.30. The number of fused-ring (bicyclic) bond motifs is 1. The largest absolute Gasteiger partial charge is 0.480 e. The van der Waals surface area contributed by atoms with Gasteiger partial charge < -0.3 is 10.4 Å². The summed E-state index contributed by atoms with van der Waals surface area (Å²) in [5, 5.41) is 12.3. The molecule has 0 saturated carbocycles. The number of anilines is 1. The van der Waals surface area contributed by atoms with E-state index in [1.165, 1.54) is 4.57 Å². The van der Waals surface area contributed by atoms with Crippen LogP contribution in [0.2, 0.25) is 0 Å². The van der Waals surface area contributed by atoms with E-state index in [4.69, 9.17) is 0 Å². The summed E-state index contributed by atoms with van der Waals surface area (Å²) in [5.41, 5.74) is 3.17. The maximum atomic E-state index is 12.6. The van der Waals surface area contributed by atoms with Crippen LogP contribution in [0.5, 0.6) is 0 Å². The lowest BCUT2D eigenvalue weighted by atomic mass is 10.0. The molecular formula is C21H21N3O3. The molecule has 0 radical (unpaired) electrons. The number of carbonyl (C=O) groups is 1. The molecule has 0 fully saturated rings. The number of carboxylic acid groups (broad SMARTS) is 1. The van der Waals surface area contributed by atoms with Gasteiger partial charge in [0.2, 0.25) is 0 Å². The van der Waals surface area contributed by atoms with Crippen LogP contribution in [0.4, 0.5) is 5.82 Å². The molecule has 1 unspecified atom stereocenters. The van der Waals surface area contributed by atoms with Crippen molar-refractivity contribution >= 4 is 17.4 Å². The third-order valence-electron chi connectivity index (χ3n) is 4.58. The number of aryl methyl sites for hydroxylation is 1. The molecule has 6 heteroatoms. The molecule has 1 aromatic heterocycles. The molecular weight excluding hydrogens is 342 g/mol. The number of nitrogens with one attached hydrogen (secondary N) is 1. The summed E-state index contributed by atoms with van der Waals surface area (Å²) in [5.74, 6) is -0.838. The van der Waals surface area contributed by atoms with E-state index in [2.05, 4.69) is 23.5 Å². The Hall–Kier alpha value is -3.41. The average Bonchev–Trinajstić information content (AvgIpc) is 3.11. The topological polar surface area (TPSA) is 84.2 Å². The van der Waals surface area contributed by atoms with Crippen molar-refractivity contribution in [3.05, 3.63) is 89.0 Å². The molecule has 1 aromatic carbocycles. The first-order valence-corrected chi connectivity index (χ1v) is 8.66. The van der Waals surface area contributed by atoms with Crippen LogP contribution >= 0.6 is 0 Å². The zero-order valence-corrected chi connectivity index (χ0v) is 14.9. The van der Waals surface area contributed by atoms with E-state index < -0.39 is 17.6 Å². The van der Waals surface area contributed by atoms with Gasteiger partial charge in [-0.2, -0.15) is 0 Å². The number of aliphatic carboxylic acids is 1. The van der Waals surface area contributed by atoms with Gasteiger partial charge >= 0.3 is 5.97 Å². The van der Waals surface area contributed by atoms with Gasteiger partial charge in [0.15, 0.2) is 5.82 Å². The summed E-state index contributed by atoms with van der Waals surface area (Å²) in [6.07, 6.45) is 7.87. The maximum Gasteiger partial charge on any atom is 0.326 e. The zero-order chi connectivity index (χ0) is 19.4. The van der Waals surface area contributed by atoms with Gasteiger partial charge in [0.25, 0.3) is 5.56 Å². The molecule has 0 aliphatic carbocycles. The van der Waals surface area contributed by atoms with Crippen LogP contribution in [-0.4, -0.2) is 20.6 Å². The average molecular weight is 363 g/mol. The molecule has 6 nitrogen and oxygen atoms in total. The van der Waals surface area contributed by atoms with Crippen LogP contribution in [0.25, 0.3) is 5.57 Å². The second-order valence-electron chi connectivity index (χ2n) is 6.28. The fourth-order valence-corrected chi connectivity index (χ4v) is 3.25. The molecule has 2 heterocycles. The highest BCUT2D eigenvalue weighted by molar-refractivity contribution is 5.75. The van der Waals surface area contributed by atoms with E-state index in [0.29, 0.717) is 25.1 Å². The predicted molar refractivity (Wildman–Crippen MR) is 106 cm³/mol. The Morgan fingerprint density at radius 2 is 2.22 bits per heavy atom. The van der Waals surface area contributed by atoms with E-state index in [1.807, 2.05) is 30.3 Å². The van der Waals surface area contributed by atoms with Crippen LogP contribution in [0.15, 0.2) is 66.6 Å². The first kappa shape index (κ1) is 18.4. The van der Waals surface area contributed by atoms with Crippen LogP contribution in [0.1, 0.15) is 29.3 Å². The van der Waals surface area contributed by atoms with E-state index in [9.17, 15) is 14.7 Å². The normalized spacial score (nSPS) is 15.9. The Balaban J connectivity index is 1.83. The predicted octanol–water partition coefficient (Wildman–Crippen LogP) is 3.18. The highest BCUT2D eigenvalue weighted by Gasteiger charge is 2.30. The summed E-state index contributed by atoms with van der Waals surface area (Å²) < 4.78 is 1.33. The van der Waals surface area contributed by atoms with Crippen molar-refractivity contribution in [2.45, 2.75) is 25.4 Å². The Bertz CT molecular complexity index is 988. The molecule has 2 N–H and O–H groups in total. The second-order valence-corrected chi connectivity index (χ2v) is 6.28. The number of aromatic nitrogens is 2. The Morgan fingerprint density at radius 3 is 2.93 bits per heavy atom. The van der Waals surface area contributed by atoms with Gasteiger partial charge in [-0.1, -0.05) is 49.6 Å². The minimum atomic E-state index is -0.994. The van der Waals surface area contributed by atoms with E-state index in [-0.39, 0.29) is 5.82 Å². The highest BCUT2D eigenvalue weighted by Crippen LogP contribution is 2.24. The van der Waals surface area contributed by atoms with Crippen LogP contribution in [0.3, 0.4) is 0 Å². The molecule has 0 amide bonds. The highest BCUT2D eigenvalue weighted by atomic mass is 16.4. The SMILES string of the molecule is C=C/C=C(\C=C)c1cccc(CNc2ncc3n(c2=O)C(C(=O)O)CC3)c1. The molecule has 27 heavy (non-hydrogen) atoms. The van der Waals surface area contributed by atoms with Gasteiger partial charge in [0.1, 0.15) is 6.04 Å². The third-order valence-corrected chi connectivity index (χ3v) is 4.58. The van der Waals surface area contributed by atoms with Crippen molar-refractivity contribution in [3.63, 3.8) is 0 Å². The fourth-order valence-electron chi connectivity index (χ4n) is 3.25. The summed E-state index contributed by atoms with van der Waals surface area (Å²) in [6.45, 7) is 7.91. The van der Waals surface area contributed by atoms with Crippen molar-refractivity contribution in [2.75, 3.05) is 5.32 Å². The third kappa shape index (κ3) is 3.74. The van der Waals surface area contributed by atoms with Gasteiger partial charge in [0, 0.05) is 18.4 Å². The molecule has 1 aliphatic rings. The Kier molecular flexibility index (Phi) is 5.35. The quantitative estimate of drug-likeness (QED) is 0.738. The van der Waals surface area contributed by atoms with Crippen molar-refractivity contribution < 1.29 is 9.90 Å². The minimum Gasteiger partial charge on any atom is -0.480 e. The number of nitrogens with zero attached hydrogens (tertiary/aromatic N) is 2. The van der Waals surface area contributed by atoms with Crippen molar-refractivity contribution in [1.29, 1.82) is 0 Å². The first-order valence-electron chi connectivity index (χ1n) is 8.66. The fraction of sp³-hybridized carbons (Fsp3) is 0.190. The lowest BCUT2D eigenvalue weighted by molar-refractivity contribution is -0.140. The monoisotopic (exact) mass is 363 g/mol. The molecule has 1 aliphatic heterocycles. The number of hydrogen-bond acceptors (Lipinski definition) is 4. The van der Waals surface area contributed by atoms with E-state index >= 15 is 0 Å². The first-order chi connectivity index (χ1) is 13.0. The van der Waals surface area contributed by atoms with Crippen molar-refractivity contribution in [1.82, 2.24) is 9.55 Å². The summed E-state index contributed by atoms with van der Waals surface area (Å²) in [6, 6.07) is 7.01. The van der Waals surface area contributed by atoms with Gasteiger partial charge in [-0.15, -0.1) is 0 Å². The van der Waals surface area contributed by atoms with Gasteiger partial charge in [-0.25, -0.2) is 9.78 Å². The molecule has 1 atom stereocenters. The van der Waals surface area contributed by atoms with Crippen LogP contribution in [-0.2, 0) is 17.8 Å². The Labute approximate surface area is 157 Å². The van der Waals surface area contributed by atoms with Crippen LogP contribution < -0.4 is 10.9 Å². The standard InChI is InChI=1S/C21H21N3O3/c1-3-6-15(4-2)16-8-5-7-14(11-16)12-22-19-20(25)24-17(13-23-19)9-10-18(24)21(26)27/h3-8,11,13,18H,1-2,9-10,12H2,(H,22,23)(H,26,27)/b15-6+. The maximum absolute atomic E-state index is 12.6. The van der Waals surface area contributed by atoms with E-state index in [1.54, 1.807) is 18.3 Å². The minimum absolute atomic E-state index is 0.155. The summed E-state index contributed by atoms with van der Waals surface area (Å²) in [4.78, 5) is 28.2. The summed E-state index contributed by atoms with van der Waals surface area (Å²) >= 11 is 0. The molecule has 0 spiro atoms. The van der Waals surface area contributed by atoms with E-state index in [0.717, 1.165) is 16.7 Å². The number of carboxylic acids is 1. The van der Waals surface area contributed by atoms with Crippen molar-refractivity contribution in [3.8, 4) is 0 Å². The number of rotatable bonds is 7. The number of allylic oxidation sites excluding steroid dienone is 4. The number of hydrogen-bond donors (Lipinski definition) is 2. The van der Waals surface area contributed by atoms with Gasteiger partial charge in [-0.3, -0.25) is 9.36 Å². The van der Waals surface area contributed by atoms with Gasteiger partial charge in [0.05, 0.1) is 0 Å². The molecule has 3 rings (SSSR count). The second kappa shape index (κ2) is 7.86. The lowest BCUT2D eigenvalue weighted by Gasteiger charge is -2.12. The van der Waals surface area contributed by atoms with Crippen LogP contribution in [0, 0.1) is 0 Å².